The second kappa shape index (κ2) is 3.95. The first-order chi connectivity index (χ1) is 8.16. The Kier molecular flexibility index (Phi) is 2.54. The maximum absolute atomic E-state index is 10.0. The molecule has 3 rings (SSSR count). The highest BCUT2D eigenvalue weighted by molar-refractivity contribution is 5.50. The topological polar surface area (TPSA) is 49.2 Å². The SMILES string of the molecule is CC1(O)CCN(c2ncnc3c2CCCC3)C1. The van der Waals surface area contributed by atoms with Crippen molar-refractivity contribution < 1.29 is 5.11 Å². The molecule has 1 atom stereocenters. The molecule has 0 radical (unpaired) electrons. The molecule has 2 heterocycles. The van der Waals surface area contributed by atoms with Crippen molar-refractivity contribution in [3.05, 3.63) is 17.6 Å². The summed E-state index contributed by atoms with van der Waals surface area (Å²) in [5.41, 5.74) is 1.97. The zero-order chi connectivity index (χ0) is 11.9. The highest BCUT2D eigenvalue weighted by Crippen LogP contribution is 2.31. The molecule has 4 heteroatoms. The number of β-amino-alcohol motifs (C(OH)–C–C–N with tert-alkyl or cyclic N) is 1. The first kappa shape index (κ1) is 11.0. The van der Waals surface area contributed by atoms with E-state index < -0.39 is 5.60 Å². The quantitative estimate of drug-likeness (QED) is 0.794. The summed E-state index contributed by atoms with van der Waals surface area (Å²) < 4.78 is 0. The van der Waals surface area contributed by atoms with Crippen LogP contribution in [-0.4, -0.2) is 33.8 Å². The van der Waals surface area contributed by atoms with E-state index in [1.165, 1.54) is 24.1 Å². The molecule has 0 amide bonds. The summed E-state index contributed by atoms with van der Waals surface area (Å²) in [4.78, 5) is 11.0. The average molecular weight is 233 g/mol. The molecule has 1 aromatic rings. The molecule has 1 aromatic heterocycles. The van der Waals surface area contributed by atoms with E-state index in [0.717, 1.165) is 31.6 Å². The monoisotopic (exact) mass is 233 g/mol. The number of hydrogen-bond acceptors (Lipinski definition) is 4. The molecule has 92 valence electrons. The molecule has 1 fully saturated rings. The van der Waals surface area contributed by atoms with E-state index in [-0.39, 0.29) is 0 Å². The summed E-state index contributed by atoms with van der Waals surface area (Å²) >= 11 is 0. The fourth-order valence-electron chi connectivity index (χ4n) is 2.90. The van der Waals surface area contributed by atoms with E-state index in [1.807, 2.05) is 6.92 Å². The lowest BCUT2D eigenvalue weighted by Crippen LogP contribution is -2.31. The molecule has 0 aromatic carbocycles. The lowest BCUT2D eigenvalue weighted by molar-refractivity contribution is 0.0839. The van der Waals surface area contributed by atoms with Gasteiger partial charge in [0, 0.05) is 24.3 Å². The Morgan fingerprint density at radius 1 is 1.29 bits per heavy atom. The Balaban J connectivity index is 1.93. The zero-order valence-corrected chi connectivity index (χ0v) is 10.3. The third-order valence-corrected chi connectivity index (χ3v) is 3.85. The van der Waals surface area contributed by atoms with Gasteiger partial charge in [0.1, 0.15) is 12.1 Å². The molecule has 0 spiro atoms. The Morgan fingerprint density at radius 3 is 2.88 bits per heavy atom. The fraction of sp³-hybridized carbons (Fsp3) is 0.692. The summed E-state index contributed by atoms with van der Waals surface area (Å²) in [5, 5.41) is 10.0. The van der Waals surface area contributed by atoms with Crippen LogP contribution in [-0.2, 0) is 12.8 Å². The zero-order valence-electron chi connectivity index (χ0n) is 10.3. The van der Waals surface area contributed by atoms with Crippen molar-refractivity contribution in [1.82, 2.24) is 9.97 Å². The van der Waals surface area contributed by atoms with E-state index in [0.29, 0.717) is 6.54 Å². The van der Waals surface area contributed by atoms with Crippen LogP contribution in [0.25, 0.3) is 0 Å². The second-order valence-corrected chi connectivity index (χ2v) is 5.50. The lowest BCUT2D eigenvalue weighted by Gasteiger charge is -2.25. The summed E-state index contributed by atoms with van der Waals surface area (Å²) in [5.74, 6) is 1.06. The van der Waals surface area contributed by atoms with Crippen LogP contribution in [0, 0.1) is 0 Å². The first-order valence-electron chi connectivity index (χ1n) is 6.46. The van der Waals surface area contributed by atoms with E-state index in [2.05, 4.69) is 14.9 Å². The Bertz CT molecular complexity index is 431. The number of anilines is 1. The van der Waals surface area contributed by atoms with Crippen molar-refractivity contribution in [2.24, 2.45) is 0 Å². The molecule has 2 aliphatic rings. The largest absolute Gasteiger partial charge is 0.388 e. The van der Waals surface area contributed by atoms with Gasteiger partial charge in [-0.3, -0.25) is 0 Å². The summed E-state index contributed by atoms with van der Waals surface area (Å²) in [6.07, 6.45) is 7.14. The van der Waals surface area contributed by atoms with Crippen molar-refractivity contribution in [1.29, 1.82) is 0 Å². The minimum atomic E-state index is -0.563. The van der Waals surface area contributed by atoms with Crippen LogP contribution in [0.4, 0.5) is 5.82 Å². The first-order valence-corrected chi connectivity index (χ1v) is 6.46. The highest BCUT2D eigenvalue weighted by Gasteiger charge is 2.33. The molecule has 1 saturated heterocycles. The molecule has 1 unspecified atom stereocenters. The predicted octanol–water partition coefficient (Wildman–Crippen LogP) is 1.32. The molecule has 1 aliphatic carbocycles. The van der Waals surface area contributed by atoms with Crippen molar-refractivity contribution >= 4 is 5.82 Å². The van der Waals surface area contributed by atoms with Crippen LogP contribution in [0.2, 0.25) is 0 Å². The molecule has 17 heavy (non-hydrogen) atoms. The van der Waals surface area contributed by atoms with E-state index >= 15 is 0 Å². The number of rotatable bonds is 1. The minimum absolute atomic E-state index is 0.563. The van der Waals surface area contributed by atoms with E-state index in [9.17, 15) is 5.11 Å². The van der Waals surface area contributed by atoms with Crippen molar-refractivity contribution in [3.8, 4) is 0 Å². The van der Waals surface area contributed by atoms with Gasteiger partial charge in [-0.1, -0.05) is 0 Å². The van der Waals surface area contributed by atoms with Gasteiger partial charge in [0.05, 0.1) is 5.60 Å². The van der Waals surface area contributed by atoms with Gasteiger partial charge in [0.25, 0.3) is 0 Å². The normalized spacial score (nSPS) is 28.2. The highest BCUT2D eigenvalue weighted by atomic mass is 16.3. The van der Waals surface area contributed by atoms with Crippen LogP contribution >= 0.6 is 0 Å². The molecule has 4 nitrogen and oxygen atoms in total. The van der Waals surface area contributed by atoms with Crippen molar-refractivity contribution in [2.45, 2.75) is 44.6 Å². The molecule has 1 aliphatic heterocycles. The molecule has 0 bridgehead atoms. The standard InChI is InChI=1S/C13H19N3O/c1-13(17)6-7-16(8-13)12-10-4-2-3-5-11(10)14-9-15-12/h9,17H,2-8H2,1H3. The Morgan fingerprint density at radius 2 is 2.12 bits per heavy atom. The molecular weight excluding hydrogens is 214 g/mol. The van der Waals surface area contributed by atoms with Gasteiger partial charge in [-0.15, -0.1) is 0 Å². The van der Waals surface area contributed by atoms with Gasteiger partial charge in [0.2, 0.25) is 0 Å². The Hall–Kier alpha value is -1.16. The molecule has 0 saturated carbocycles. The van der Waals surface area contributed by atoms with Gasteiger partial charge in [-0.2, -0.15) is 0 Å². The van der Waals surface area contributed by atoms with Gasteiger partial charge < -0.3 is 10.0 Å². The van der Waals surface area contributed by atoms with Gasteiger partial charge in [-0.05, 0) is 39.0 Å². The van der Waals surface area contributed by atoms with E-state index in [4.69, 9.17) is 0 Å². The number of nitrogens with zero attached hydrogens (tertiary/aromatic N) is 3. The number of hydrogen-bond donors (Lipinski definition) is 1. The Labute approximate surface area is 102 Å². The van der Waals surface area contributed by atoms with Crippen molar-refractivity contribution in [2.75, 3.05) is 18.0 Å². The van der Waals surface area contributed by atoms with Crippen LogP contribution < -0.4 is 4.90 Å². The van der Waals surface area contributed by atoms with Crippen LogP contribution in [0.15, 0.2) is 6.33 Å². The second-order valence-electron chi connectivity index (χ2n) is 5.50. The third-order valence-electron chi connectivity index (χ3n) is 3.85. The molecular formula is C13H19N3O. The fourth-order valence-corrected chi connectivity index (χ4v) is 2.90. The predicted molar refractivity (Wildman–Crippen MR) is 66.1 cm³/mol. The lowest BCUT2D eigenvalue weighted by atomic mass is 9.96. The van der Waals surface area contributed by atoms with Crippen LogP contribution in [0.5, 0.6) is 0 Å². The summed E-state index contributed by atoms with van der Waals surface area (Å²) in [6, 6.07) is 0. The van der Waals surface area contributed by atoms with Gasteiger partial charge in [0.15, 0.2) is 0 Å². The maximum Gasteiger partial charge on any atom is 0.135 e. The third kappa shape index (κ3) is 2.02. The average Bonchev–Trinajstić information content (AvgIpc) is 2.69. The van der Waals surface area contributed by atoms with Crippen molar-refractivity contribution in [3.63, 3.8) is 0 Å². The maximum atomic E-state index is 10.0. The van der Waals surface area contributed by atoms with E-state index in [1.54, 1.807) is 6.33 Å². The number of aliphatic hydroxyl groups is 1. The number of aryl methyl sites for hydroxylation is 1. The number of fused-ring (bicyclic) bond motifs is 1. The van der Waals surface area contributed by atoms with Gasteiger partial charge >= 0.3 is 0 Å². The van der Waals surface area contributed by atoms with Gasteiger partial charge in [-0.25, -0.2) is 9.97 Å². The van der Waals surface area contributed by atoms with Crippen LogP contribution in [0.3, 0.4) is 0 Å². The smallest absolute Gasteiger partial charge is 0.135 e. The number of aromatic nitrogens is 2. The summed E-state index contributed by atoms with van der Waals surface area (Å²) in [6.45, 7) is 3.49. The minimum Gasteiger partial charge on any atom is -0.388 e. The van der Waals surface area contributed by atoms with Crippen LogP contribution in [0.1, 0.15) is 37.4 Å². The molecule has 1 N–H and O–H groups in total. The summed E-state index contributed by atoms with van der Waals surface area (Å²) in [7, 11) is 0.